The van der Waals surface area contributed by atoms with Gasteiger partial charge in [0.1, 0.15) is 74.7 Å². The summed E-state index contributed by atoms with van der Waals surface area (Å²) in [4.78, 5) is 36.2. The Kier molecular flexibility index (Phi) is 18.8. The van der Waals surface area contributed by atoms with Gasteiger partial charge < -0.3 is 52.1 Å². The molecule has 0 aromatic heterocycles. The molecule has 0 bridgehead atoms. The summed E-state index contributed by atoms with van der Waals surface area (Å²) in [5.74, 6) is 7.03. The fourth-order valence-electron chi connectivity index (χ4n) is 6.03. The summed E-state index contributed by atoms with van der Waals surface area (Å²) < 4.78 is 57.9. The Morgan fingerprint density at radius 3 is 0.521 bits per heavy atom. The molecule has 0 aliphatic rings. The molecule has 362 valence electrons. The summed E-state index contributed by atoms with van der Waals surface area (Å²) in [7, 11) is 9.53. The number of ether oxygens (including phenoxy) is 11. The van der Waals surface area contributed by atoms with Crippen molar-refractivity contribution in [1.29, 1.82) is 0 Å². The molecular weight excluding hydrogens is 909 g/mol. The smallest absolute Gasteiger partial charge is 0.343 e. The van der Waals surface area contributed by atoms with Crippen LogP contribution in [0.25, 0.3) is 0 Å². The summed E-state index contributed by atoms with van der Waals surface area (Å²) >= 11 is 0. The molecule has 14 nitrogen and oxygen atoms in total. The third kappa shape index (κ3) is 15.8. The lowest BCUT2D eigenvalue weighted by Crippen LogP contribution is -2.09. The van der Waals surface area contributed by atoms with Crippen molar-refractivity contribution < 1.29 is 66.5 Å². The summed E-state index contributed by atoms with van der Waals surface area (Å²) in [6.07, 6.45) is 0. The Hall–Kier alpha value is -9.43. The average molecular weight is 959 g/mol. The van der Waals surface area contributed by atoms with E-state index in [9.17, 15) is 14.4 Å². The van der Waals surface area contributed by atoms with Gasteiger partial charge in [0.05, 0.1) is 59.3 Å². The molecule has 0 spiro atoms. The molecular formula is C57H50O14. The van der Waals surface area contributed by atoms with Crippen LogP contribution in [-0.2, 0) is 0 Å². The zero-order chi connectivity index (χ0) is 50.4. The van der Waals surface area contributed by atoms with Crippen LogP contribution < -0.4 is 52.1 Å². The molecule has 0 fully saturated rings. The van der Waals surface area contributed by atoms with Crippen molar-refractivity contribution in [2.24, 2.45) is 0 Å². The molecule has 0 radical (unpaired) electrons. The first-order valence-electron chi connectivity index (χ1n) is 21.6. The second-order valence-corrected chi connectivity index (χ2v) is 14.5. The average Bonchev–Trinajstić information content (AvgIpc) is 3.43. The Morgan fingerprint density at radius 1 is 0.211 bits per heavy atom. The number of carbonyl (C=O) groups is 3. The molecule has 0 saturated heterocycles. The number of hydrogen-bond donors (Lipinski definition) is 0. The van der Waals surface area contributed by atoms with Crippen LogP contribution >= 0.6 is 0 Å². The van der Waals surface area contributed by atoms with Crippen LogP contribution in [0.5, 0.6) is 74.7 Å². The number of esters is 3. The Labute approximate surface area is 411 Å². The maximum absolute atomic E-state index is 12.2. The topological polar surface area (TPSA) is 153 Å². The highest BCUT2D eigenvalue weighted by molar-refractivity contribution is 5.92. The van der Waals surface area contributed by atoms with Crippen molar-refractivity contribution in [1.82, 2.24) is 0 Å². The van der Waals surface area contributed by atoms with Gasteiger partial charge in [0.25, 0.3) is 0 Å². The first kappa shape index (κ1) is 51.0. The number of methoxy groups -OCH3 is 6. The minimum absolute atomic E-state index is 0.338. The lowest BCUT2D eigenvalue weighted by molar-refractivity contribution is 0.0719. The van der Waals surface area contributed by atoms with E-state index in [2.05, 4.69) is 0 Å². The van der Waals surface area contributed by atoms with Crippen molar-refractivity contribution in [3.8, 4) is 74.7 Å². The van der Waals surface area contributed by atoms with Crippen molar-refractivity contribution >= 4 is 17.9 Å². The highest BCUT2D eigenvalue weighted by Gasteiger charge is 2.12. The molecule has 14 heteroatoms. The fourth-order valence-corrected chi connectivity index (χ4v) is 6.03. The molecule has 8 rings (SSSR count). The van der Waals surface area contributed by atoms with Gasteiger partial charge in [-0.15, -0.1) is 0 Å². The minimum atomic E-state index is -0.495. The van der Waals surface area contributed by atoms with E-state index in [0.29, 0.717) is 56.9 Å². The predicted octanol–water partition coefficient (Wildman–Crippen LogP) is 12.4. The lowest BCUT2D eigenvalue weighted by atomic mass is 10.2. The van der Waals surface area contributed by atoms with E-state index >= 15 is 0 Å². The molecule has 71 heavy (non-hydrogen) atoms. The van der Waals surface area contributed by atoms with Crippen LogP contribution in [0.1, 0.15) is 31.1 Å². The highest BCUT2D eigenvalue weighted by atomic mass is 16.5. The van der Waals surface area contributed by atoms with Crippen molar-refractivity contribution in [3.63, 3.8) is 0 Å². The van der Waals surface area contributed by atoms with Crippen LogP contribution in [0.15, 0.2) is 194 Å². The zero-order valence-corrected chi connectivity index (χ0v) is 39.7. The van der Waals surface area contributed by atoms with Gasteiger partial charge in [-0.1, -0.05) is 0 Å². The molecule has 0 aliphatic carbocycles. The van der Waals surface area contributed by atoms with Crippen LogP contribution in [0.4, 0.5) is 0 Å². The lowest BCUT2D eigenvalue weighted by Gasteiger charge is -2.09. The Morgan fingerprint density at radius 2 is 0.352 bits per heavy atom. The fraction of sp³-hybridized carbons (Fsp3) is 0.105. The first-order valence-corrected chi connectivity index (χ1v) is 21.6. The molecule has 0 atom stereocenters. The number of rotatable bonds is 16. The number of carbonyl (C=O) groups excluding carboxylic acids is 3. The minimum Gasteiger partial charge on any atom is -0.497 e. The van der Waals surface area contributed by atoms with Crippen LogP contribution in [0.3, 0.4) is 0 Å². The van der Waals surface area contributed by atoms with Crippen LogP contribution in [-0.4, -0.2) is 60.6 Å². The molecule has 8 aromatic rings. The van der Waals surface area contributed by atoms with Gasteiger partial charge in [0.2, 0.25) is 0 Å². The van der Waals surface area contributed by atoms with Crippen LogP contribution in [0, 0.1) is 0 Å². The molecule has 8 aromatic carbocycles. The van der Waals surface area contributed by atoms with Crippen LogP contribution in [0.2, 0.25) is 0 Å². The quantitative estimate of drug-likeness (QED) is 0.0666. The van der Waals surface area contributed by atoms with E-state index in [1.807, 2.05) is 72.8 Å². The third-order valence-corrected chi connectivity index (χ3v) is 9.91. The van der Waals surface area contributed by atoms with Gasteiger partial charge in [-0.3, -0.25) is 0 Å². The summed E-state index contributed by atoms with van der Waals surface area (Å²) in [5, 5.41) is 0. The van der Waals surface area contributed by atoms with Gasteiger partial charge >= 0.3 is 17.9 Å². The second-order valence-electron chi connectivity index (χ2n) is 14.5. The standard InChI is InChI=1S/C22H18O6.C20H18O4.C15H14O4/c1-25-17-7-3-15(4-8-17)21(23)27-19-11-13-20(14-12-19)28-22(24)16-5-9-18(26-2)10-6-16;1-21-15-3-7-17(8-4-15)23-19-11-13-20(14-12-19)24-18-9-5-16(22-2)6-10-18;1-17-12-5-3-11(4-6-12)15(16)19-14-9-7-13(18-2)8-10-14/h3-14H,1-2H3;3-14H,1-2H3;3-10H,1-2H3. The van der Waals surface area contributed by atoms with E-state index in [0.717, 1.165) is 34.5 Å². The van der Waals surface area contributed by atoms with Gasteiger partial charge in [-0.2, -0.15) is 0 Å². The normalized spacial score (nSPS) is 10.0. The van der Waals surface area contributed by atoms with E-state index < -0.39 is 17.9 Å². The molecule has 0 saturated carbocycles. The maximum atomic E-state index is 12.2. The second kappa shape index (κ2) is 26.2. The summed E-state index contributed by atoms with van der Waals surface area (Å²) in [5.41, 5.74) is 1.27. The molecule has 0 aliphatic heterocycles. The van der Waals surface area contributed by atoms with Gasteiger partial charge in [0, 0.05) is 0 Å². The van der Waals surface area contributed by atoms with Gasteiger partial charge in [-0.05, 0) is 194 Å². The highest BCUT2D eigenvalue weighted by Crippen LogP contribution is 2.29. The molecule has 0 N–H and O–H groups in total. The van der Waals surface area contributed by atoms with Crippen molar-refractivity contribution in [2.75, 3.05) is 42.7 Å². The Balaban J connectivity index is 0.000000178. The first-order chi connectivity index (χ1) is 34.6. The zero-order valence-electron chi connectivity index (χ0n) is 39.7. The largest absolute Gasteiger partial charge is 0.497 e. The van der Waals surface area contributed by atoms with Crippen molar-refractivity contribution in [2.45, 2.75) is 0 Å². The third-order valence-electron chi connectivity index (χ3n) is 9.91. The Bertz CT molecular complexity index is 2740. The van der Waals surface area contributed by atoms with Gasteiger partial charge in [-0.25, -0.2) is 14.4 Å². The van der Waals surface area contributed by atoms with E-state index in [-0.39, 0.29) is 0 Å². The summed E-state index contributed by atoms with van der Waals surface area (Å²) in [6.45, 7) is 0. The predicted molar refractivity (Wildman–Crippen MR) is 266 cm³/mol. The monoisotopic (exact) mass is 958 g/mol. The molecule has 0 unspecified atom stereocenters. The summed E-state index contributed by atoms with van der Waals surface area (Å²) in [6, 6.07) is 55.3. The maximum Gasteiger partial charge on any atom is 0.343 e. The number of hydrogen-bond acceptors (Lipinski definition) is 14. The van der Waals surface area contributed by atoms with E-state index in [4.69, 9.17) is 52.1 Å². The van der Waals surface area contributed by atoms with Crippen molar-refractivity contribution in [3.05, 3.63) is 211 Å². The van der Waals surface area contributed by atoms with E-state index in [1.165, 1.54) is 0 Å². The SMILES string of the molecule is COc1ccc(C(=O)Oc2ccc(OC(=O)c3ccc(OC)cc3)cc2)cc1.COc1ccc(OC(=O)c2ccc(OC)cc2)cc1.COc1ccc(Oc2ccc(Oc3ccc(OC)cc3)cc2)cc1. The van der Waals surface area contributed by atoms with Gasteiger partial charge in [0.15, 0.2) is 0 Å². The molecule has 0 heterocycles. The van der Waals surface area contributed by atoms with E-state index in [1.54, 1.807) is 164 Å². The number of benzene rings is 8. The molecule has 0 amide bonds.